The Labute approximate surface area is 173 Å². The van der Waals surface area contributed by atoms with E-state index in [9.17, 15) is 4.79 Å². The zero-order chi connectivity index (χ0) is 19.5. The van der Waals surface area contributed by atoms with Gasteiger partial charge < -0.3 is 15.2 Å². The first-order chi connectivity index (χ1) is 13.6. The van der Waals surface area contributed by atoms with Crippen molar-refractivity contribution in [3.05, 3.63) is 58.1 Å². The molecular formula is C22H25BrN4O. The van der Waals surface area contributed by atoms with Crippen LogP contribution < -0.4 is 10.2 Å². The van der Waals surface area contributed by atoms with Crippen LogP contribution in [0.1, 0.15) is 24.0 Å². The SMILES string of the molecule is Cc1ccccc1CCNC(=O)[C@H]1CCCN(c2nc3ccc(Br)cc3[nH]2)C1. The van der Waals surface area contributed by atoms with Crippen molar-refractivity contribution >= 4 is 38.8 Å². The van der Waals surface area contributed by atoms with Gasteiger partial charge in [-0.3, -0.25) is 4.79 Å². The number of rotatable bonds is 5. The molecule has 0 saturated carbocycles. The van der Waals surface area contributed by atoms with Gasteiger partial charge in [0.1, 0.15) is 0 Å². The molecule has 146 valence electrons. The average molecular weight is 441 g/mol. The average Bonchev–Trinajstić information content (AvgIpc) is 3.13. The molecule has 1 atom stereocenters. The number of aryl methyl sites for hydroxylation is 1. The molecule has 6 heteroatoms. The van der Waals surface area contributed by atoms with Crippen LogP contribution in [-0.4, -0.2) is 35.5 Å². The lowest BCUT2D eigenvalue weighted by atomic mass is 9.97. The molecule has 28 heavy (non-hydrogen) atoms. The molecule has 1 aliphatic rings. The summed E-state index contributed by atoms with van der Waals surface area (Å²) in [5.41, 5.74) is 4.52. The molecule has 3 aromatic rings. The van der Waals surface area contributed by atoms with Crippen molar-refractivity contribution in [2.75, 3.05) is 24.5 Å². The van der Waals surface area contributed by atoms with Crippen LogP contribution >= 0.6 is 15.9 Å². The van der Waals surface area contributed by atoms with E-state index in [1.54, 1.807) is 0 Å². The molecule has 2 aromatic carbocycles. The molecule has 1 saturated heterocycles. The lowest BCUT2D eigenvalue weighted by Crippen LogP contribution is -2.43. The molecule has 1 amide bonds. The Balaban J connectivity index is 1.36. The van der Waals surface area contributed by atoms with E-state index in [1.165, 1.54) is 11.1 Å². The van der Waals surface area contributed by atoms with Crippen molar-refractivity contribution in [2.24, 2.45) is 5.92 Å². The van der Waals surface area contributed by atoms with Gasteiger partial charge in [0.15, 0.2) is 0 Å². The number of amides is 1. The summed E-state index contributed by atoms with van der Waals surface area (Å²) in [5.74, 6) is 1.01. The Kier molecular flexibility index (Phi) is 5.67. The Morgan fingerprint density at radius 1 is 1.32 bits per heavy atom. The van der Waals surface area contributed by atoms with E-state index in [1.807, 2.05) is 24.3 Å². The van der Waals surface area contributed by atoms with Gasteiger partial charge in [-0.15, -0.1) is 0 Å². The van der Waals surface area contributed by atoms with Crippen LogP contribution in [-0.2, 0) is 11.2 Å². The predicted octanol–water partition coefficient (Wildman–Crippen LogP) is 4.21. The number of nitrogens with one attached hydrogen (secondary N) is 2. The first-order valence-electron chi connectivity index (χ1n) is 9.82. The number of carbonyl (C=O) groups is 1. The molecule has 2 N–H and O–H groups in total. The fourth-order valence-corrected chi connectivity index (χ4v) is 4.22. The van der Waals surface area contributed by atoms with Gasteiger partial charge >= 0.3 is 0 Å². The number of benzene rings is 2. The molecule has 0 spiro atoms. The summed E-state index contributed by atoms with van der Waals surface area (Å²) >= 11 is 3.50. The fraction of sp³-hybridized carbons (Fsp3) is 0.364. The highest BCUT2D eigenvalue weighted by Gasteiger charge is 2.27. The lowest BCUT2D eigenvalue weighted by molar-refractivity contribution is -0.125. The van der Waals surface area contributed by atoms with E-state index in [0.29, 0.717) is 13.1 Å². The number of anilines is 1. The first-order valence-corrected chi connectivity index (χ1v) is 10.6. The Morgan fingerprint density at radius 2 is 2.18 bits per heavy atom. The van der Waals surface area contributed by atoms with Crippen LogP contribution in [0.3, 0.4) is 0 Å². The van der Waals surface area contributed by atoms with Gasteiger partial charge in [-0.05, 0) is 55.5 Å². The zero-order valence-corrected chi connectivity index (χ0v) is 17.6. The number of imidazole rings is 1. The van der Waals surface area contributed by atoms with E-state index in [4.69, 9.17) is 4.98 Å². The number of aromatic nitrogens is 2. The Hall–Kier alpha value is -2.34. The molecule has 2 heterocycles. The van der Waals surface area contributed by atoms with E-state index in [0.717, 1.165) is 47.3 Å². The molecule has 0 aliphatic carbocycles. The third kappa shape index (κ3) is 4.22. The minimum absolute atomic E-state index is 0.00516. The summed E-state index contributed by atoms with van der Waals surface area (Å²) in [6, 6.07) is 14.4. The Bertz CT molecular complexity index is 984. The topological polar surface area (TPSA) is 61.0 Å². The molecule has 1 aromatic heterocycles. The number of piperidine rings is 1. The summed E-state index contributed by atoms with van der Waals surface area (Å²) < 4.78 is 1.03. The van der Waals surface area contributed by atoms with Crippen LogP contribution in [0.2, 0.25) is 0 Å². The molecule has 0 unspecified atom stereocenters. The van der Waals surface area contributed by atoms with Gasteiger partial charge in [0.25, 0.3) is 0 Å². The van der Waals surface area contributed by atoms with Gasteiger partial charge in [0.05, 0.1) is 17.0 Å². The minimum Gasteiger partial charge on any atom is -0.355 e. The van der Waals surface area contributed by atoms with Crippen molar-refractivity contribution in [3.8, 4) is 0 Å². The highest BCUT2D eigenvalue weighted by Crippen LogP contribution is 2.25. The summed E-state index contributed by atoms with van der Waals surface area (Å²) in [6.45, 7) is 4.42. The molecule has 1 aliphatic heterocycles. The van der Waals surface area contributed by atoms with Crippen LogP contribution in [0.5, 0.6) is 0 Å². The number of fused-ring (bicyclic) bond motifs is 1. The molecule has 4 rings (SSSR count). The summed E-state index contributed by atoms with van der Waals surface area (Å²) in [7, 11) is 0. The molecule has 1 fully saturated rings. The van der Waals surface area contributed by atoms with E-state index >= 15 is 0 Å². The number of hydrogen-bond donors (Lipinski definition) is 2. The minimum atomic E-state index is 0.00516. The third-order valence-electron chi connectivity index (χ3n) is 5.48. The molecule has 5 nitrogen and oxygen atoms in total. The summed E-state index contributed by atoms with van der Waals surface area (Å²) in [5, 5.41) is 3.13. The second-order valence-electron chi connectivity index (χ2n) is 7.47. The maximum Gasteiger partial charge on any atom is 0.224 e. The predicted molar refractivity (Wildman–Crippen MR) is 117 cm³/mol. The maximum absolute atomic E-state index is 12.7. The molecular weight excluding hydrogens is 416 g/mol. The number of H-pyrrole nitrogens is 1. The van der Waals surface area contributed by atoms with Gasteiger partial charge in [0, 0.05) is 24.1 Å². The van der Waals surface area contributed by atoms with Crippen molar-refractivity contribution < 1.29 is 4.79 Å². The first kappa shape index (κ1) is 19.0. The molecule has 0 radical (unpaired) electrons. The van der Waals surface area contributed by atoms with Crippen LogP contribution in [0.15, 0.2) is 46.9 Å². The quantitative estimate of drug-likeness (QED) is 0.624. The van der Waals surface area contributed by atoms with Gasteiger partial charge in [-0.2, -0.15) is 0 Å². The number of hydrogen-bond acceptors (Lipinski definition) is 3. The highest BCUT2D eigenvalue weighted by molar-refractivity contribution is 9.10. The standard InChI is InChI=1S/C22H25BrN4O/c1-15-5-2-3-6-16(15)10-11-24-21(28)17-7-4-12-27(14-17)22-25-19-9-8-18(23)13-20(19)26-22/h2-3,5-6,8-9,13,17H,4,7,10-12,14H2,1H3,(H,24,28)(H,25,26)/t17-/m0/s1. The number of halogens is 1. The Morgan fingerprint density at radius 3 is 3.04 bits per heavy atom. The maximum atomic E-state index is 12.7. The van der Waals surface area contributed by atoms with Gasteiger partial charge in [-0.25, -0.2) is 4.98 Å². The van der Waals surface area contributed by atoms with Crippen molar-refractivity contribution in [1.82, 2.24) is 15.3 Å². The lowest BCUT2D eigenvalue weighted by Gasteiger charge is -2.31. The summed E-state index contributed by atoms with van der Waals surface area (Å²) in [6.07, 6.45) is 2.79. The summed E-state index contributed by atoms with van der Waals surface area (Å²) in [4.78, 5) is 23.0. The van der Waals surface area contributed by atoms with E-state index in [2.05, 4.69) is 56.3 Å². The second kappa shape index (κ2) is 8.35. The largest absolute Gasteiger partial charge is 0.355 e. The number of carbonyl (C=O) groups excluding carboxylic acids is 1. The van der Waals surface area contributed by atoms with Crippen molar-refractivity contribution in [2.45, 2.75) is 26.2 Å². The van der Waals surface area contributed by atoms with Crippen LogP contribution in [0.25, 0.3) is 11.0 Å². The van der Waals surface area contributed by atoms with E-state index in [-0.39, 0.29) is 11.8 Å². The highest BCUT2D eigenvalue weighted by atomic mass is 79.9. The molecule has 0 bridgehead atoms. The normalized spacial score (nSPS) is 17.1. The van der Waals surface area contributed by atoms with Crippen LogP contribution in [0.4, 0.5) is 5.95 Å². The van der Waals surface area contributed by atoms with Gasteiger partial charge in [0.2, 0.25) is 11.9 Å². The number of aromatic amines is 1. The zero-order valence-electron chi connectivity index (χ0n) is 16.0. The fourth-order valence-electron chi connectivity index (χ4n) is 3.86. The smallest absolute Gasteiger partial charge is 0.224 e. The van der Waals surface area contributed by atoms with Crippen molar-refractivity contribution in [3.63, 3.8) is 0 Å². The van der Waals surface area contributed by atoms with Crippen molar-refractivity contribution in [1.29, 1.82) is 0 Å². The third-order valence-corrected chi connectivity index (χ3v) is 5.97. The second-order valence-corrected chi connectivity index (χ2v) is 8.39. The van der Waals surface area contributed by atoms with Crippen LogP contribution in [0, 0.1) is 12.8 Å². The van der Waals surface area contributed by atoms with E-state index < -0.39 is 0 Å². The monoisotopic (exact) mass is 440 g/mol. The van der Waals surface area contributed by atoms with Gasteiger partial charge in [-0.1, -0.05) is 40.2 Å². The number of nitrogens with zero attached hydrogens (tertiary/aromatic N) is 2.